The summed E-state index contributed by atoms with van der Waals surface area (Å²) >= 11 is 6.23. The Labute approximate surface area is 147 Å². The second kappa shape index (κ2) is 8.85. The molecule has 0 radical (unpaired) electrons. The smallest absolute Gasteiger partial charge is 0.224 e. The van der Waals surface area contributed by atoms with Gasteiger partial charge in [-0.3, -0.25) is 4.79 Å². The minimum atomic E-state index is -0.151. The number of nitrogens with one attached hydrogen (secondary N) is 1. The van der Waals surface area contributed by atoms with Crippen LogP contribution in [0.15, 0.2) is 24.3 Å². The number of benzene rings is 1. The fourth-order valence-corrected chi connectivity index (χ4v) is 3.15. The highest BCUT2D eigenvalue weighted by atomic mass is 35.5. The van der Waals surface area contributed by atoms with Crippen LogP contribution >= 0.6 is 24.0 Å². The summed E-state index contributed by atoms with van der Waals surface area (Å²) in [6, 6.07) is 7.76. The summed E-state index contributed by atoms with van der Waals surface area (Å²) in [7, 11) is 0. The molecule has 2 aliphatic heterocycles. The number of rotatable bonds is 3. The summed E-state index contributed by atoms with van der Waals surface area (Å²) in [6.45, 7) is 3.85. The molecule has 0 spiro atoms. The van der Waals surface area contributed by atoms with Crippen molar-refractivity contribution in [1.82, 2.24) is 10.2 Å². The van der Waals surface area contributed by atoms with E-state index in [4.69, 9.17) is 21.1 Å². The summed E-state index contributed by atoms with van der Waals surface area (Å²) < 4.78 is 11.2. The van der Waals surface area contributed by atoms with Gasteiger partial charge in [-0.05, 0) is 6.07 Å². The largest absolute Gasteiger partial charge is 0.378 e. The zero-order chi connectivity index (χ0) is 15.4. The van der Waals surface area contributed by atoms with Gasteiger partial charge in [0.2, 0.25) is 5.91 Å². The Kier molecular flexibility index (Phi) is 7.11. The first kappa shape index (κ1) is 18.5. The molecule has 2 fully saturated rings. The minimum absolute atomic E-state index is 0. The van der Waals surface area contributed by atoms with Crippen LogP contribution in [0.25, 0.3) is 0 Å². The fourth-order valence-electron chi connectivity index (χ4n) is 2.89. The third-order valence-electron chi connectivity index (χ3n) is 4.09. The molecular weight excluding hydrogens is 339 g/mol. The SMILES string of the molecule is Cl.O=C(CC1COCCN1)N1CCOC(c2ccccc2Cl)C1. The lowest BCUT2D eigenvalue weighted by Crippen LogP contribution is -2.48. The zero-order valence-corrected chi connectivity index (χ0v) is 14.4. The molecule has 5 nitrogen and oxygen atoms in total. The molecule has 2 unspecified atom stereocenters. The highest BCUT2D eigenvalue weighted by molar-refractivity contribution is 6.31. The van der Waals surface area contributed by atoms with Crippen LogP contribution in [0.1, 0.15) is 18.1 Å². The molecule has 1 aromatic carbocycles. The number of hydrogen-bond acceptors (Lipinski definition) is 4. The van der Waals surface area contributed by atoms with E-state index >= 15 is 0 Å². The first-order valence-corrected chi connectivity index (χ1v) is 8.07. The van der Waals surface area contributed by atoms with Gasteiger partial charge in [-0.2, -0.15) is 0 Å². The van der Waals surface area contributed by atoms with E-state index in [9.17, 15) is 4.79 Å². The van der Waals surface area contributed by atoms with Gasteiger partial charge in [0.1, 0.15) is 6.10 Å². The summed E-state index contributed by atoms with van der Waals surface area (Å²) in [5, 5.41) is 4.00. The normalized spacial score (nSPS) is 24.8. The van der Waals surface area contributed by atoms with E-state index in [-0.39, 0.29) is 30.5 Å². The van der Waals surface area contributed by atoms with Crippen molar-refractivity contribution in [1.29, 1.82) is 0 Å². The predicted octanol–water partition coefficient (Wildman–Crippen LogP) is 2.04. The van der Waals surface area contributed by atoms with Gasteiger partial charge < -0.3 is 19.7 Å². The Bertz CT molecular complexity index is 524. The number of hydrogen-bond donors (Lipinski definition) is 1. The standard InChI is InChI=1S/C16H21ClN2O3.ClH/c17-14-4-2-1-3-13(14)15-10-19(6-8-22-15)16(20)9-12-11-21-7-5-18-12;/h1-4,12,15,18H,5-11H2;1H. The van der Waals surface area contributed by atoms with Gasteiger partial charge in [0, 0.05) is 36.1 Å². The molecule has 1 N–H and O–H groups in total. The van der Waals surface area contributed by atoms with Gasteiger partial charge in [0.15, 0.2) is 0 Å². The average molecular weight is 361 g/mol. The summed E-state index contributed by atoms with van der Waals surface area (Å²) in [4.78, 5) is 14.3. The van der Waals surface area contributed by atoms with Crippen LogP contribution in [0.3, 0.4) is 0 Å². The number of amides is 1. The van der Waals surface area contributed by atoms with Gasteiger partial charge in [0.25, 0.3) is 0 Å². The first-order chi connectivity index (χ1) is 10.7. The second-order valence-electron chi connectivity index (χ2n) is 5.65. The fraction of sp³-hybridized carbons (Fsp3) is 0.562. The molecule has 2 aliphatic rings. The van der Waals surface area contributed by atoms with Crippen LogP contribution in [0.2, 0.25) is 5.02 Å². The van der Waals surface area contributed by atoms with Crippen molar-refractivity contribution >= 4 is 29.9 Å². The molecule has 2 heterocycles. The molecule has 3 rings (SSSR count). The van der Waals surface area contributed by atoms with Gasteiger partial charge in [0.05, 0.1) is 26.4 Å². The van der Waals surface area contributed by atoms with Gasteiger partial charge in [-0.1, -0.05) is 29.8 Å². The lowest BCUT2D eigenvalue weighted by molar-refractivity contribution is -0.140. The maximum Gasteiger partial charge on any atom is 0.224 e. The van der Waals surface area contributed by atoms with Crippen molar-refractivity contribution in [2.24, 2.45) is 0 Å². The Morgan fingerprint density at radius 3 is 2.91 bits per heavy atom. The quantitative estimate of drug-likeness (QED) is 0.895. The Morgan fingerprint density at radius 1 is 1.35 bits per heavy atom. The first-order valence-electron chi connectivity index (χ1n) is 7.69. The Hall–Kier alpha value is -0.850. The third kappa shape index (κ3) is 4.81. The van der Waals surface area contributed by atoms with E-state index in [0.717, 1.165) is 18.7 Å². The lowest BCUT2D eigenvalue weighted by atomic mass is 10.1. The van der Waals surface area contributed by atoms with E-state index in [1.54, 1.807) is 0 Å². The Balaban J connectivity index is 0.00000192. The van der Waals surface area contributed by atoms with Crippen LogP contribution in [-0.2, 0) is 14.3 Å². The second-order valence-corrected chi connectivity index (χ2v) is 6.06. The van der Waals surface area contributed by atoms with Crippen molar-refractivity contribution in [2.45, 2.75) is 18.6 Å². The minimum Gasteiger partial charge on any atom is -0.378 e. The number of nitrogens with zero attached hydrogens (tertiary/aromatic N) is 1. The molecule has 2 atom stereocenters. The van der Waals surface area contributed by atoms with Gasteiger partial charge in [-0.25, -0.2) is 0 Å². The van der Waals surface area contributed by atoms with Gasteiger partial charge in [-0.15, -0.1) is 12.4 Å². The monoisotopic (exact) mass is 360 g/mol. The molecule has 0 bridgehead atoms. The molecule has 1 aromatic rings. The molecular formula is C16H22Cl2N2O3. The van der Waals surface area contributed by atoms with Crippen LogP contribution in [0.5, 0.6) is 0 Å². The van der Waals surface area contributed by atoms with Crippen molar-refractivity contribution in [3.63, 3.8) is 0 Å². The highest BCUT2D eigenvalue weighted by Crippen LogP contribution is 2.28. The topological polar surface area (TPSA) is 50.8 Å². The van der Waals surface area contributed by atoms with E-state index in [0.29, 0.717) is 37.7 Å². The van der Waals surface area contributed by atoms with Crippen LogP contribution in [-0.4, -0.2) is 56.3 Å². The molecule has 1 amide bonds. The summed E-state index contributed by atoms with van der Waals surface area (Å²) in [5.41, 5.74) is 0.945. The predicted molar refractivity (Wildman–Crippen MR) is 91.2 cm³/mol. The highest BCUT2D eigenvalue weighted by Gasteiger charge is 2.28. The van der Waals surface area contributed by atoms with Crippen molar-refractivity contribution in [2.75, 3.05) is 39.5 Å². The zero-order valence-electron chi connectivity index (χ0n) is 12.9. The molecule has 0 saturated carbocycles. The molecule has 128 valence electrons. The molecule has 2 saturated heterocycles. The molecule has 7 heteroatoms. The molecule has 0 aromatic heterocycles. The van der Waals surface area contributed by atoms with E-state index in [2.05, 4.69) is 5.32 Å². The summed E-state index contributed by atoms with van der Waals surface area (Å²) in [6.07, 6.45) is 0.317. The number of halogens is 2. The van der Waals surface area contributed by atoms with E-state index in [1.807, 2.05) is 29.2 Å². The van der Waals surface area contributed by atoms with Crippen LogP contribution in [0, 0.1) is 0 Å². The average Bonchev–Trinajstić information content (AvgIpc) is 2.56. The van der Waals surface area contributed by atoms with Gasteiger partial charge >= 0.3 is 0 Å². The van der Waals surface area contributed by atoms with E-state index < -0.39 is 0 Å². The molecule has 0 aliphatic carbocycles. The lowest BCUT2D eigenvalue weighted by Gasteiger charge is -2.35. The van der Waals surface area contributed by atoms with Crippen molar-refractivity contribution in [3.05, 3.63) is 34.9 Å². The number of carbonyl (C=O) groups is 1. The van der Waals surface area contributed by atoms with Crippen molar-refractivity contribution in [3.8, 4) is 0 Å². The Morgan fingerprint density at radius 2 is 2.17 bits per heavy atom. The maximum absolute atomic E-state index is 12.5. The summed E-state index contributed by atoms with van der Waals surface area (Å²) in [5.74, 6) is 0.142. The number of morpholine rings is 2. The number of ether oxygens (including phenoxy) is 2. The number of carbonyl (C=O) groups excluding carboxylic acids is 1. The maximum atomic E-state index is 12.5. The molecule has 23 heavy (non-hydrogen) atoms. The van der Waals surface area contributed by atoms with E-state index in [1.165, 1.54) is 0 Å². The van der Waals surface area contributed by atoms with Crippen LogP contribution < -0.4 is 5.32 Å². The van der Waals surface area contributed by atoms with Crippen molar-refractivity contribution < 1.29 is 14.3 Å². The third-order valence-corrected chi connectivity index (χ3v) is 4.43. The van der Waals surface area contributed by atoms with Crippen LogP contribution in [0.4, 0.5) is 0 Å².